The van der Waals surface area contributed by atoms with E-state index in [2.05, 4.69) is 0 Å². The SMILES string of the molecule is CN(C)[C@@H]1C(=O)C(C(N)=O)=C(O)[C@@]2(O)C(=O)C3=C(O)c4c(O)ccc(Cl)c4[C@@H](O)[C@H]3C[C@@H]12.CN(C)[C@@H]1C(=O)C(C(N)=O)=C(O)[C@@]2(O)C(=O)C3=C(O)c4c(O)cccc4[C@@H](O)[C@H]3C[C@@H]12.Cl. The monoisotopic (exact) mass is 930 g/mol. The largest absolute Gasteiger partial charge is 0.508 e. The number of carbonyl (C=O) groups is 6. The highest BCUT2D eigenvalue weighted by Crippen LogP contribution is 2.58. The first-order valence-electron chi connectivity index (χ1n) is 19.3. The summed E-state index contributed by atoms with van der Waals surface area (Å²) in [4.78, 5) is 79.5. The van der Waals surface area contributed by atoms with Gasteiger partial charge in [-0.25, -0.2) is 0 Å². The zero-order valence-electron chi connectivity index (χ0n) is 34.2. The summed E-state index contributed by atoms with van der Waals surface area (Å²) in [7, 11) is 5.97. The third kappa shape index (κ3) is 6.26. The van der Waals surface area contributed by atoms with Crippen LogP contribution in [-0.4, -0.2) is 147 Å². The van der Waals surface area contributed by atoms with Gasteiger partial charge in [0.15, 0.2) is 22.8 Å². The molecule has 0 aromatic heterocycles. The Morgan fingerprint density at radius 3 is 1.48 bits per heavy atom. The van der Waals surface area contributed by atoms with E-state index in [0.29, 0.717) is 0 Å². The number of phenolic OH excluding ortho intramolecular Hbond substituents is 2. The molecule has 22 heteroatoms. The van der Waals surface area contributed by atoms with E-state index in [1.807, 2.05) is 0 Å². The summed E-state index contributed by atoms with van der Waals surface area (Å²) < 4.78 is 0. The van der Waals surface area contributed by atoms with Crippen LogP contribution < -0.4 is 11.5 Å². The van der Waals surface area contributed by atoms with Crippen molar-refractivity contribution >= 4 is 70.5 Å². The van der Waals surface area contributed by atoms with Crippen molar-refractivity contribution in [1.82, 2.24) is 9.80 Å². The predicted molar refractivity (Wildman–Crippen MR) is 223 cm³/mol. The van der Waals surface area contributed by atoms with E-state index < -0.39 is 145 Å². The van der Waals surface area contributed by atoms with Gasteiger partial charge in [0.25, 0.3) is 11.8 Å². The van der Waals surface area contributed by atoms with E-state index in [9.17, 15) is 79.8 Å². The third-order valence-electron chi connectivity index (χ3n) is 13.2. The number of benzene rings is 2. The Morgan fingerprint density at radius 1 is 0.656 bits per heavy atom. The molecule has 2 aromatic rings. The Kier molecular flexibility index (Phi) is 11.9. The highest BCUT2D eigenvalue weighted by molar-refractivity contribution is 6.32. The van der Waals surface area contributed by atoms with Gasteiger partial charge in [0.05, 0.1) is 35.4 Å². The number of ketones is 4. The first-order valence-corrected chi connectivity index (χ1v) is 19.7. The topological polar surface area (TPSA) is 363 Å². The van der Waals surface area contributed by atoms with E-state index in [4.69, 9.17) is 23.1 Å². The minimum Gasteiger partial charge on any atom is -0.508 e. The van der Waals surface area contributed by atoms with Crippen LogP contribution in [-0.2, 0) is 28.8 Å². The number of hydrogen-bond acceptors (Lipinski definition) is 18. The molecule has 0 bridgehead atoms. The van der Waals surface area contributed by atoms with Crippen molar-refractivity contribution < 1.29 is 79.8 Å². The quantitative estimate of drug-likeness (QED) is 0.179. The Balaban J connectivity index is 0.000000209. The highest BCUT2D eigenvalue weighted by atomic mass is 35.5. The summed E-state index contributed by atoms with van der Waals surface area (Å²) in [5.74, 6) is -16.0. The van der Waals surface area contributed by atoms with Gasteiger partial charge in [0.2, 0.25) is 11.6 Å². The molecule has 0 heterocycles. The second kappa shape index (κ2) is 16.0. The van der Waals surface area contributed by atoms with Gasteiger partial charge in [0.1, 0.15) is 45.7 Å². The van der Waals surface area contributed by atoms with E-state index in [1.165, 1.54) is 68.3 Å². The molecule has 0 unspecified atom stereocenters. The first kappa shape index (κ1) is 47.6. The predicted octanol–water partition coefficient (Wildman–Crippen LogP) is -0.0150. The summed E-state index contributed by atoms with van der Waals surface area (Å²) in [5.41, 5.74) is 2.10. The van der Waals surface area contributed by atoms with Crippen LogP contribution in [0.4, 0.5) is 0 Å². The van der Waals surface area contributed by atoms with E-state index in [-0.39, 0.29) is 58.3 Å². The molecule has 0 spiro atoms. The van der Waals surface area contributed by atoms with Crippen molar-refractivity contribution in [3.05, 3.63) is 91.4 Å². The van der Waals surface area contributed by atoms with Gasteiger partial charge in [-0.2, -0.15) is 0 Å². The maximum atomic E-state index is 13.6. The molecule has 0 aliphatic heterocycles. The van der Waals surface area contributed by atoms with Crippen LogP contribution in [0.1, 0.15) is 47.3 Å². The van der Waals surface area contributed by atoms with Gasteiger partial charge in [-0.05, 0) is 64.8 Å². The number of fused-ring (bicyclic) bond motifs is 6. The summed E-state index contributed by atoms with van der Waals surface area (Å²) in [6.07, 6.45) is -3.21. The van der Waals surface area contributed by atoms with Crippen molar-refractivity contribution in [2.45, 2.75) is 48.3 Å². The number of amides is 2. The fourth-order valence-electron chi connectivity index (χ4n) is 10.4. The summed E-state index contributed by atoms with van der Waals surface area (Å²) in [6, 6.07) is 4.26. The Labute approximate surface area is 373 Å². The normalized spacial score (nSPS) is 31.9. The molecule has 0 radical (unpaired) electrons. The molecule has 2 aromatic carbocycles. The molecule has 14 N–H and O–H groups in total. The Bertz CT molecular complexity index is 2620. The summed E-state index contributed by atoms with van der Waals surface area (Å²) >= 11 is 6.19. The Morgan fingerprint density at radius 2 is 1.06 bits per heavy atom. The molecule has 8 rings (SSSR count). The van der Waals surface area contributed by atoms with E-state index in [0.717, 1.165) is 0 Å². The zero-order valence-corrected chi connectivity index (χ0v) is 35.7. The molecule has 6 aliphatic rings. The molecule has 0 saturated heterocycles. The molecule has 2 amide bonds. The molecule has 2 fully saturated rings. The molecule has 20 nitrogen and oxygen atoms in total. The van der Waals surface area contributed by atoms with Crippen LogP contribution >= 0.6 is 24.0 Å². The van der Waals surface area contributed by atoms with Crippen LogP contribution in [0.5, 0.6) is 11.5 Å². The smallest absolute Gasteiger partial charge is 0.255 e. The van der Waals surface area contributed by atoms with E-state index >= 15 is 0 Å². The minimum absolute atomic E-state index is 0. The minimum atomic E-state index is -2.77. The number of hydrogen-bond donors (Lipinski definition) is 12. The van der Waals surface area contributed by atoms with Crippen LogP contribution in [0.2, 0.25) is 5.02 Å². The van der Waals surface area contributed by atoms with Crippen LogP contribution in [0, 0.1) is 23.7 Å². The number of aliphatic hydroxyl groups excluding tert-OH is 6. The number of carbonyl (C=O) groups excluding carboxylic acids is 6. The average molecular weight is 932 g/mol. The second-order valence-electron chi connectivity index (χ2n) is 16.8. The number of primary amides is 2. The third-order valence-corrected chi connectivity index (χ3v) is 13.5. The summed E-state index contributed by atoms with van der Waals surface area (Å²) in [6.45, 7) is 0. The maximum absolute atomic E-state index is 13.6. The lowest BCUT2D eigenvalue weighted by Crippen LogP contribution is -2.66. The van der Waals surface area contributed by atoms with Crippen molar-refractivity contribution in [1.29, 1.82) is 0 Å². The fraction of sp³-hybridized carbons (Fsp3) is 0.381. The Hall–Kier alpha value is -5.84. The number of nitrogens with two attached hydrogens (primary N) is 2. The van der Waals surface area contributed by atoms with E-state index in [1.54, 1.807) is 0 Å². The molecule has 2 saturated carbocycles. The fourth-order valence-corrected chi connectivity index (χ4v) is 10.7. The van der Waals surface area contributed by atoms with Gasteiger partial charge in [-0.15, -0.1) is 12.4 Å². The van der Waals surface area contributed by atoms with Gasteiger partial charge >= 0.3 is 0 Å². The standard InChI is InChI=1S/C21H21ClN2O8.C21H22N2O8.ClH/c1-24(2)14-7-5-6-10(16(27)12-9(25)4-3-8(22)11(12)15(6)26)18(29)21(7,32)19(30)13(17(14)28)20(23)31;1-23(2)14-9-6-8-12(16(26)11-7(15(8)25)4-3-5-10(11)24)18(28)21(9,31)19(29)13(17(14)27)20(22)30;/h3-4,6-7,14-15,25-27,30,32H,5H2,1-2H3,(H2,23,31);3-5,8-9,14-15,24-26,29,31H,6H2,1-2H3,(H2,22,30);1H/t6-,7-,14-,15-,21-;8-,9-,14-,15+,21-;/m00./s1. The maximum Gasteiger partial charge on any atom is 0.255 e. The van der Waals surface area contributed by atoms with Crippen molar-refractivity contribution in [3.63, 3.8) is 0 Å². The number of aromatic hydroxyl groups is 2. The lowest BCUT2D eigenvalue weighted by molar-refractivity contribution is -0.157. The van der Waals surface area contributed by atoms with Crippen molar-refractivity contribution in [2.24, 2.45) is 35.1 Å². The molecular weight excluding hydrogens is 887 g/mol. The second-order valence-corrected chi connectivity index (χ2v) is 17.2. The number of halogens is 2. The summed E-state index contributed by atoms with van der Waals surface area (Å²) in [5, 5.41) is 108. The number of aliphatic hydroxyl groups is 8. The average Bonchev–Trinajstić information content (AvgIpc) is 3.19. The van der Waals surface area contributed by atoms with Crippen LogP contribution in [0.3, 0.4) is 0 Å². The number of phenols is 2. The van der Waals surface area contributed by atoms with Crippen molar-refractivity contribution in [3.8, 4) is 11.5 Å². The number of Topliss-reactive ketones (excluding diaryl/α,β-unsaturated/α-hetero) is 4. The van der Waals surface area contributed by atoms with Gasteiger partial charge in [-0.1, -0.05) is 23.7 Å². The van der Waals surface area contributed by atoms with Crippen molar-refractivity contribution in [2.75, 3.05) is 28.2 Å². The highest BCUT2D eigenvalue weighted by Gasteiger charge is 2.67. The van der Waals surface area contributed by atoms with Gasteiger partial charge < -0.3 is 62.5 Å². The first-order chi connectivity index (χ1) is 29.3. The number of rotatable bonds is 4. The zero-order chi connectivity index (χ0) is 46.8. The molecule has 342 valence electrons. The van der Waals surface area contributed by atoms with Crippen LogP contribution in [0.25, 0.3) is 11.5 Å². The lowest BCUT2D eigenvalue weighted by atomic mass is 9.57. The molecule has 6 aliphatic carbocycles. The lowest BCUT2D eigenvalue weighted by Gasteiger charge is -2.51. The number of nitrogens with zero attached hydrogens (tertiary/aromatic N) is 2. The van der Waals surface area contributed by atoms with Crippen LogP contribution in [0.15, 0.2) is 64.1 Å². The molecule has 64 heavy (non-hydrogen) atoms. The molecular formula is C42H44Cl2N4O16. The van der Waals surface area contributed by atoms with Gasteiger partial charge in [0, 0.05) is 45.4 Å². The molecule has 10 atom stereocenters. The van der Waals surface area contributed by atoms with Gasteiger partial charge in [-0.3, -0.25) is 38.6 Å². The number of likely N-dealkylation sites (N-methyl/N-ethyl adjacent to an activating group) is 2.